The quantitative estimate of drug-likeness (QED) is 0.649. The van der Waals surface area contributed by atoms with Crippen LogP contribution in [0.5, 0.6) is 0 Å². The van der Waals surface area contributed by atoms with Crippen molar-refractivity contribution in [1.29, 1.82) is 0 Å². The van der Waals surface area contributed by atoms with Gasteiger partial charge in [0, 0.05) is 65.1 Å². The minimum Gasteiger partial charge on any atom is -0.352 e. The van der Waals surface area contributed by atoms with Gasteiger partial charge in [0.1, 0.15) is 0 Å². The van der Waals surface area contributed by atoms with Crippen LogP contribution in [0.3, 0.4) is 0 Å². The zero-order valence-corrected chi connectivity index (χ0v) is 11.7. The van der Waals surface area contributed by atoms with Gasteiger partial charge in [0.05, 0.1) is 0 Å². The molecule has 0 aromatic rings. The Hall–Kier alpha value is -0.200. The van der Waals surface area contributed by atoms with E-state index in [2.05, 4.69) is 15.1 Å². The molecule has 2 aliphatic rings. The Morgan fingerprint density at radius 3 is 2.11 bits per heavy atom. The molecule has 0 aromatic heterocycles. The average molecular weight is 257 g/mol. The third kappa shape index (κ3) is 3.90. The molecule has 2 fully saturated rings. The van der Waals surface area contributed by atoms with Gasteiger partial charge in [-0.3, -0.25) is 9.80 Å². The van der Waals surface area contributed by atoms with Crippen LogP contribution in [0.25, 0.3) is 0 Å². The molecular formula is C13H27N3O2. The van der Waals surface area contributed by atoms with Gasteiger partial charge in [0.25, 0.3) is 0 Å². The highest BCUT2D eigenvalue weighted by molar-refractivity contribution is 4.87. The fourth-order valence-electron chi connectivity index (χ4n) is 2.58. The lowest BCUT2D eigenvalue weighted by atomic mass is 10.1. The van der Waals surface area contributed by atoms with Crippen LogP contribution in [0.15, 0.2) is 0 Å². The normalized spacial score (nSPS) is 23.5. The van der Waals surface area contributed by atoms with Crippen LogP contribution >= 0.6 is 0 Å². The summed E-state index contributed by atoms with van der Waals surface area (Å²) in [6.07, 6.45) is -0.0584. The summed E-state index contributed by atoms with van der Waals surface area (Å²) in [5.41, 5.74) is 0. The van der Waals surface area contributed by atoms with Crippen LogP contribution in [0.2, 0.25) is 0 Å². The van der Waals surface area contributed by atoms with E-state index in [1.807, 2.05) is 13.8 Å². The molecule has 0 aliphatic carbocycles. The monoisotopic (exact) mass is 257 g/mol. The highest BCUT2D eigenvalue weighted by Crippen LogP contribution is 2.10. The van der Waals surface area contributed by atoms with E-state index in [1.165, 1.54) is 26.2 Å². The lowest BCUT2D eigenvalue weighted by Gasteiger charge is -2.43. The summed E-state index contributed by atoms with van der Waals surface area (Å²) in [5.74, 6) is 0. The number of piperazine rings is 1. The summed E-state index contributed by atoms with van der Waals surface area (Å²) >= 11 is 0. The molecule has 0 atom stereocenters. The molecule has 2 rings (SSSR count). The Morgan fingerprint density at radius 2 is 1.67 bits per heavy atom. The third-order valence-corrected chi connectivity index (χ3v) is 3.80. The van der Waals surface area contributed by atoms with E-state index in [0.29, 0.717) is 0 Å². The van der Waals surface area contributed by atoms with Crippen molar-refractivity contribution >= 4 is 0 Å². The smallest absolute Gasteiger partial charge is 0.170 e. The number of nitrogens with one attached hydrogen (secondary N) is 1. The fraction of sp³-hybridized carbons (Fsp3) is 1.00. The average Bonchev–Trinajstić information content (AvgIpc) is 2.30. The second-order valence-corrected chi connectivity index (χ2v) is 4.99. The minimum absolute atomic E-state index is 0.0584. The van der Waals surface area contributed by atoms with E-state index in [4.69, 9.17) is 9.47 Å². The molecule has 18 heavy (non-hydrogen) atoms. The Balaban J connectivity index is 1.67. The first-order valence-electron chi connectivity index (χ1n) is 7.23. The second kappa shape index (κ2) is 7.40. The topological polar surface area (TPSA) is 37.0 Å². The molecule has 5 nitrogen and oxygen atoms in total. The van der Waals surface area contributed by atoms with Crippen LogP contribution in [0.4, 0.5) is 0 Å². The number of rotatable bonds is 7. The molecule has 0 radical (unpaired) electrons. The molecule has 0 saturated carbocycles. The predicted molar refractivity (Wildman–Crippen MR) is 71.7 cm³/mol. The van der Waals surface area contributed by atoms with Gasteiger partial charge in [-0.2, -0.15) is 0 Å². The number of nitrogens with zero attached hydrogens (tertiary/aromatic N) is 2. The molecule has 0 bridgehead atoms. The Bertz CT molecular complexity index is 222. The Kier molecular flexibility index (Phi) is 5.85. The molecule has 0 unspecified atom stereocenters. The van der Waals surface area contributed by atoms with Crippen LogP contribution in [0, 0.1) is 0 Å². The molecule has 1 N–H and O–H groups in total. The van der Waals surface area contributed by atoms with Crippen LogP contribution < -0.4 is 5.32 Å². The summed E-state index contributed by atoms with van der Waals surface area (Å²) in [6.45, 7) is 13.3. The van der Waals surface area contributed by atoms with E-state index < -0.39 is 0 Å². The lowest BCUT2D eigenvalue weighted by Crippen LogP contribution is -2.62. The van der Waals surface area contributed by atoms with Gasteiger partial charge in [-0.25, -0.2) is 0 Å². The summed E-state index contributed by atoms with van der Waals surface area (Å²) in [5, 5.41) is 3.34. The molecule has 2 heterocycles. The summed E-state index contributed by atoms with van der Waals surface area (Å²) in [4.78, 5) is 5.06. The first-order valence-corrected chi connectivity index (χ1v) is 7.23. The molecule has 5 heteroatoms. The van der Waals surface area contributed by atoms with E-state index in [-0.39, 0.29) is 6.29 Å². The van der Waals surface area contributed by atoms with Crippen molar-refractivity contribution in [2.45, 2.75) is 26.2 Å². The van der Waals surface area contributed by atoms with Crippen molar-refractivity contribution in [3.8, 4) is 0 Å². The van der Waals surface area contributed by atoms with Crippen LogP contribution in [-0.4, -0.2) is 81.2 Å². The van der Waals surface area contributed by atoms with Crippen molar-refractivity contribution in [3.05, 3.63) is 0 Å². The number of ether oxygens (including phenoxy) is 2. The highest BCUT2D eigenvalue weighted by Gasteiger charge is 2.28. The van der Waals surface area contributed by atoms with E-state index in [0.717, 1.165) is 38.9 Å². The van der Waals surface area contributed by atoms with Crippen molar-refractivity contribution in [2.75, 3.05) is 59.0 Å². The Morgan fingerprint density at radius 1 is 1.06 bits per heavy atom. The van der Waals surface area contributed by atoms with Gasteiger partial charge in [-0.15, -0.1) is 0 Å². The van der Waals surface area contributed by atoms with E-state index in [1.54, 1.807) is 0 Å². The van der Waals surface area contributed by atoms with E-state index in [9.17, 15) is 0 Å². The zero-order chi connectivity index (χ0) is 12.8. The van der Waals surface area contributed by atoms with Gasteiger partial charge < -0.3 is 14.8 Å². The summed E-state index contributed by atoms with van der Waals surface area (Å²) < 4.78 is 11.2. The SMILES string of the molecule is CCOC(CN1CCN(C2CNC2)CC1)OCC. The zero-order valence-electron chi connectivity index (χ0n) is 11.7. The first kappa shape index (κ1) is 14.2. The van der Waals surface area contributed by atoms with Crippen molar-refractivity contribution < 1.29 is 9.47 Å². The van der Waals surface area contributed by atoms with Gasteiger partial charge in [0.15, 0.2) is 6.29 Å². The maximum absolute atomic E-state index is 5.60. The standard InChI is InChI=1S/C13H27N3O2/c1-3-17-13(18-4-2)11-15-5-7-16(8-6-15)12-9-14-10-12/h12-14H,3-11H2,1-2H3. The van der Waals surface area contributed by atoms with Gasteiger partial charge in [-0.05, 0) is 13.8 Å². The van der Waals surface area contributed by atoms with Crippen molar-refractivity contribution in [1.82, 2.24) is 15.1 Å². The van der Waals surface area contributed by atoms with Crippen molar-refractivity contribution in [3.63, 3.8) is 0 Å². The molecule has 2 saturated heterocycles. The number of hydrogen-bond donors (Lipinski definition) is 1. The van der Waals surface area contributed by atoms with Crippen molar-refractivity contribution in [2.24, 2.45) is 0 Å². The maximum atomic E-state index is 5.60. The van der Waals surface area contributed by atoms with Gasteiger partial charge >= 0.3 is 0 Å². The first-order chi connectivity index (χ1) is 8.83. The molecular weight excluding hydrogens is 230 g/mol. The second-order valence-electron chi connectivity index (χ2n) is 4.99. The third-order valence-electron chi connectivity index (χ3n) is 3.80. The summed E-state index contributed by atoms with van der Waals surface area (Å²) in [6, 6.07) is 0.779. The maximum Gasteiger partial charge on any atom is 0.170 e. The summed E-state index contributed by atoms with van der Waals surface area (Å²) in [7, 11) is 0. The fourth-order valence-corrected chi connectivity index (χ4v) is 2.58. The largest absolute Gasteiger partial charge is 0.352 e. The minimum atomic E-state index is -0.0584. The molecule has 106 valence electrons. The number of hydrogen-bond acceptors (Lipinski definition) is 5. The Labute approximate surface area is 110 Å². The van der Waals surface area contributed by atoms with Crippen LogP contribution in [0.1, 0.15) is 13.8 Å². The van der Waals surface area contributed by atoms with Crippen LogP contribution in [-0.2, 0) is 9.47 Å². The molecule has 2 aliphatic heterocycles. The molecule has 0 spiro atoms. The van der Waals surface area contributed by atoms with Gasteiger partial charge in [0.2, 0.25) is 0 Å². The highest BCUT2D eigenvalue weighted by atomic mass is 16.7. The van der Waals surface area contributed by atoms with Gasteiger partial charge in [-0.1, -0.05) is 0 Å². The molecule has 0 aromatic carbocycles. The lowest BCUT2D eigenvalue weighted by molar-refractivity contribution is -0.150. The van der Waals surface area contributed by atoms with E-state index >= 15 is 0 Å². The molecule has 0 amide bonds. The predicted octanol–water partition coefficient (Wildman–Crippen LogP) is -0.0251.